The van der Waals surface area contributed by atoms with E-state index >= 15 is 0 Å². The minimum Gasteiger partial charge on any atom is -0.497 e. The minimum absolute atomic E-state index is 0.996. The van der Waals surface area contributed by atoms with E-state index in [1.165, 1.54) is 62.7 Å². The summed E-state index contributed by atoms with van der Waals surface area (Å²) in [7, 11) is 1.73. The van der Waals surface area contributed by atoms with Gasteiger partial charge in [-0.2, -0.15) is 0 Å². The van der Waals surface area contributed by atoms with Gasteiger partial charge in [0.15, 0.2) is 0 Å². The van der Waals surface area contributed by atoms with Crippen LogP contribution < -0.4 is 10.1 Å². The topological polar surface area (TPSA) is 21.3 Å². The Morgan fingerprint density at radius 2 is 1.63 bits per heavy atom. The number of hydrogen-bond acceptors (Lipinski definition) is 2. The molecule has 0 bridgehead atoms. The first-order chi connectivity index (χ1) is 9.31. The molecule has 1 aliphatic carbocycles. The maximum Gasteiger partial charge on any atom is 0.119 e. The fraction of sp³-hybridized carbons (Fsp3) is 0.647. The standard InChI is InChI=1S/C11H14O.C6H15N/c1-12-11-7-6-9-4-2-3-5-10(9)8-11;1-3-5-7-6-4-2/h6-8H,2-5H2,1H3;7H,3-6H2,1-2H3. The highest BCUT2D eigenvalue weighted by atomic mass is 16.5. The summed E-state index contributed by atoms with van der Waals surface area (Å²) in [6, 6.07) is 6.44. The lowest BCUT2D eigenvalue weighted by molar-refractivity contribution is 0.413. The fourth-order valence-electron chi connectivity index (χ4n) is 2.32. The first kappa shape index (κ1) is 16.0. The average Bonchev–Trinajstić information content (AvgIpc) is 2.48. The number of ether oxygens (including phenoxy) is 1. The molecule has 2 rings (SSSR count). The van der Waals surface area contributed by atoms with Gasteiger partial charge in [0.25, 0.3) is 0 Å². The van der Waals surface area contributed by atoms with Crippen LogP contribution >= 0.6 is 0 Å². The summed E-state index contributed by atoms with van der Waals surface area (Å²) >= 11 is 0. The Bertz CT molecular complexity index is 345. The smallest absolute Gasteiger partial charge is 0.119 e. The molecule has 0 spiro atoms. The Morgan fingerprint density at radius 3 is 2.21 bits per heavy atom. The zero-order valence-electron chi connectivity index (χ0n) is 12.8. The Hall–Kier alpha value is -1.02. The minimum atomic E-state index is 0.996. The molecule has 0 aromatic heterocycles. The Kier molecular flexibility index (Phi) is 8.31. The van der Waals surface area contributed by atoms with Crippen LogP contribution in [0.15, 0.2) is 18.2 Å². The highest BCUT2D eigenvalue weighted by molar-refractivity contribution is 5.36. The van der Waals surface area contributed by atoms with Gasteiger partial charge in [-0.05, 0) is 74.9 Å². The van der Waals surface area contributed by atoms with Crippen LogP contribution in [0.4, 0.5) is 0 Å². The second kappa shape index (κ2) is 9.85. The maximum atomic E-state index is 5.18. The van der Waals surface area contributed by atoms with E-state index in [0.29, 0.717) is 0 Å². The second-order valence-electron chi connectivity index (χ2n) is 5.09. The number of aryl methyl sites for hydroxylation is 2. The Balaban J connectivity index is 0.000000224. The van der Waals surface area contributed by atoms with E-state index in [4.69, 9.17) is 4.74 Å². The third-order valence-electron chi connectivity index (χ3n) is 3.41. The zero-order valence-corrected chi connectivity index (χ0v) is 12.8. The van der Waals surface area contributed by atoms with Crippen LogP contribution in [0.25, 0.3) is 0 Å². The molecule has 1 aromatic rings. The predicted molar refractivity (Wildman–Crippen MR) is 83.1 cm³/mol. The molecular formula is C17H29NO. The molecule has 19 heavy (non-hydrogen) atoms. The van der Waals surface area contributed by atoms with Gasteiger partial charge < -0.3 is 10.1 Å². The summed E-state index contributed by atoms with van der Waals surface area (Å²) in [5.41, 5.74) is 3.00. The quantitative estimate of drug-likeness (QED) is 0.812. The molecule has 0 amide bonds. The predicted octanol–water partition coefficient (Wildman–Crippen LogP) is 3.97. The van der Waals surface area contributed by atoms with Gasteiger partial charge in [-0.25, -0.2) is 0 Å². The maximum absolute atomic E-state index is 5.18. The van der Waals surface area contributed by atoms with Crippen molar-refractivity contribution in [3.63, 3.8) is 0 Å². The van der Waals surface area contributed by atoms with Gasteiger partial charge in [0.1, 0.15) is 5.75 Å². The molecule has 0 heterocycles. The summed E-state index contributed by atoms with van der Waals surface area (Å²) in [5, 5.41) is 3.28. The van der Waals surface area contributed by atoms with Gasteiger partial charge in [-0.15, -0.1) is 0 Å². The van der Waals surface area contributed by atoms with Crippen molar-refractivity contribution in [2.45, 2.75) is 52.4 Å². The molecule has 1 aromatic carbocycles. The lowest BCUT2D eigenvalue weighted by Gasteiger charge is -2.15. The molecular weight excluding hydrogens is 234 g/mol. The van der Waals surface area contributed by atoms with Gasteiger partial charge >= 0.3 is 0 Å². The van der Waals surface area contributed by atoms with E-state index in [0.717, 1.165) is 5.75 Å². The summed E-state index contributed by atoms with van der Waals surface area (Å²) in [5.74, 6) is 0.996. The van der Waals surface area contributed by atoms with Crippen LogP contribution in [-0.4, -0.2) is 20.2 Å². The van der Waals surface area contributed by atoms with Crippen molar-refractivity contribution in [1.82, 2.24) is 5.32 Å². The van der Waals surface area contributed by atoms with Crippen LogP contribution in [-0.2, 0) is 12.8 Å². The number of methoxy groups -OCH3 is 1. The van der Waals surface area contributed by atoms with Crippen molar-refractivity contribution in [1.29, 1.82) is 0 Å². The molecule has 0 aliphatic heterocycles. The van der Waals surface area contributed by atoms with Gasteiger partial charge in [0.05, 0.1) is 7.11 Å². The van der Waals surface area contributed by atoms with E-state index in [1.54, 1.807) is 7.11 Å². The highest BCUT2D eigenvalue weighted by Crippen LogP contribution is 2.24. The largest absolute Gasteiger partial charge is 0.497 e. The lowest BCUT2D eigenvalue weighted by atomic mass is 9.92. The van der Waals surface area contributed by atoms with Crippen LogP contribution in [0, 0.1) is 0 Å². The number of fused-ring (bicyclic) bond motifs is 1. The molecule has 2 heteroatoms. The molecule has 1 N–H and O–H groups in total. The third kappa shape index (κ3) is 6.11. The molecule has 0 saturated heterocycles. The SMILES string of the molecule is CCCNCCC.COc1ccc2c(c1)CCCC2. The molecule has 0 atom stereocenters. The van der Waals surface area contributed by atoms with Crippen LogP contribution in [0.5, 0.6) is 5.75 Å². The van der Waals surface area contributed by atoms with Crippen molar-refractivity contribution in [3.8, 4) is 5.75 Å². The summed E-state index contributed by atoms with van der Waals surface area (Å²) in [6.45, 7) is 6.72. The van der Waals surface area contributed by atoms with Gasteiger partial charge in [-0.1, -0.05) is 19.9 Å². The van der Waals surface area contributed by atoms with Crippen LogP contribution in [0.3, 0.4) is 0 Å². The Morgan fingerprint density at radius 1 is 1.00 bits per heavy atom. The summed E-state index contributed by atoms with van der Waals surface area (Å²) in [4.78, 5) is 0. The van der Waals surface area contributed by atoms with E-state index in [2.05, 4.69) is 37.4 Å². The van der Waals surface area contributed by atoms with E-state index in [1.807, 2.05) is 0 Å². The number of nitrogens with one attached hydrogen (secondary N) is 1. The molecule has 108 valence electrons. The van der Waals surface area contributed by atoms with Crippen LogP contribution in [0.1, 0.15) is 50.7 Å². The number of hydrogen-bond donors (Lipinski definition) is 1. The van der Waals surface area contributed by atoms with Crippen molar-refractivity contribution in [2.75, 3.05) is 20.2 Å². The number of benzene rings is 1. The molecule has 0 radical (unpaired) electrons. The first-order valence-corrected chi connectivity index (χ1v) is 7.68. The molecule has 0 saturated carbocycles. The lowest BCUT2D eigenvalue weighted by Crippen LogP contribution is -2.14. The molecule has 2 nitrogen and oxygen atoms in total. The van der Waals surface area contributed by atoms with E-state index in [9.17, 15) is 0 Å². The first-order valence-electron chi connectivity index (χ1n) is 7.68. The van der Waals surface area contributed by atoms with E-state index in [-0.39, 0.29) is 0 Å². The van der Waals surface area contributed by atoms with E-state index < -0.39 is 0 Å². The van der Waals surface area contributed by atoms with Gasteiger partial charge in [0, 0.05) is 0 Å². The molecule has 0 unspecified atom stereocenters. The summed E-state index contributed by atoms with van der Waals surface area (Å²) in [6.07, 6.45) is 7.66. The Labute approximate surface area is 118 Å². The van der Waals surface area contributed by atoms with Crippen molar-refractivity contribution < 1.29 is 4.74 Å². The monoisotopic (exact) mass is 263 g/mol. The third-order valence-corrected chi connectivity index (χ3v) is 3.41. The zero-order chi connectivity index (χ0) is 13.9. The molecule has 1 aliphatic rings. The van der Waals surface area contributed by atoms with Crippen molar-refractivity contribution in [3.05, 3.63) is 29.3 Å². The van der Waals surface area contributed by atoms with Gasteiger partial charge in [-0.3, -0.25) is 0 Å². The highest BCUT2D eigenvalue weighted by Gasteiger charge is 2.08. The fourth-order valence-corrected chi connectivity index (χ4v) is 2.32. The summed E-state index contributed by atoms with van der Waals surface area (Å²) < 4.78 is 5.18. The molecule has 0 fully saturated rings. The average molecular weight is 263 g/mol. The second-order valence-corrected chi connectivity index (χ2v) is 5.09. The van der Waals surface area contributed by atoms with Crippen molar-refractivity contribution in [2.24, 2.45) is 0 Å². The van der Waals surface area contributed by atoms with Crippen molar-refractivity contribution >= 4 is 0 Å². The van der Waals surface area contributed by atoms with Gasteiger partial charge in [0.2, 0.25) is 0 Å². The van der Waals surface area contributed by atoms with Crippen LogP contribution in [0.2, 0.25) is 0 Å². The normalized spacial score (nSPS) is 13.2. The number of rotatable bonds is 5.